The predicted molar refractivity (Wildman–Crippen MR) is 103 cm³/mol. The van der Waals surface area contributed by atoms with Crippen LogP contribution in [0.15, 0.2) is 34.7 Å². The summed E-state index contributed by atoms with van der Waals surface area (Å²) in [7, 11) is 0. The number of anilines is 1. The van der Waals surface area contributed by atoms with Gasteiger partial charge in [0.05, 0.1) is 5.75 Å². The van der Waals surface area contributed by atoms with Crippen molar-refractivity contribution in [3.8, 4) is 11.3 Å². The third kappa shape index (κ3) is 5.45. The Labute approximate surface area is 159 Å². The number of hydrogen-bond donors (Lipinski definition) is 2. The third-order valence-corrected chi connectivity index (χ3v) is 5.80. The molecule has 0 aliphatic heterocycles. The highest BCUT2D eigenvalue weighted by atomic mass is 35.5. The summed E-state index contributed by atoms with van der Waals surface area (Å²) in [6.45, 7) is 0. The molecule has 8 heteroatoms. The van der Waals surface area contributed by atoms with Crippen LogP contribution in [0.3, 0.4) is 0 Å². The summed E-state index contributed by atoms with van der Waals surface area (Å²) in [6.07, 6.45) is 2.39. The molecule has 1 aromatic heterocycles. The van der Waals surface area contributed by atoms with Crippen molar-refractivity contribution < 1.29 is 9.59 Å². The van der Waals surface area contributed by atoms with Gasteiger partial charge in [-0.15, -0.1) is 11.6 Å². The van der Waals surface area contributed by atoms with Crippen molar-refractivity contribution in [3.63, 3.8) is 0 Å². The lowest BCUT2D eigenvalue weighted by atomic mass is 10.2. The molecule has 0 unspecified atom stereocenters. The molecule has 25 heavy (non-hydrogen) atoms. The van der Waals surface area contributed by atoms with Crippen molar-refractivity contribution in [2.24, 2.45) is 0 Å². The van der Waals surface area contributed by atoms with E-state index in [1.54, 1.807) is 0 Å². The number of hydrogen-bond acceptors (Lipinski definition) is 5. The van der Waals surface area contributed by atoms with E-state index in [-0.39, 0.29) is 24.1 Å². The number of nitrogens with one attached hydrogen (secondary N) is 2. The third-order valence-electron chi connectivity index (χ3n) is 3.50. The summed E-state index contributed by atoms with van der Waals surface area (Å²) in [6, 6.07) is 10.0. The standard InChI is InChI=1S/C17H18ClN3O2S2/c18-9-8-13(22)20-16-15(11-4-2-1-3-5-11)21-17(25-16)24-10-14(23)19-12-6-7-12/h1-5,12H,6-10H2,(H,19,23)(H,20,22). The number of nitrogens with zero attached hydrogens (tertiary/aromatic N) is 1. The van der Waals surface area contributed by atoms with Gasteiger partial charge in [0.25, 0.3) is 0 Å². The Balaban J connectivity index is 1.73. The van der Waals surface area contributed by atoms with E-state index in [9.17, 15) is 9.59 Å². The van der Waals surface area contributed by atoms with Crippen LogP contribution in [0, 0.1) is 0 Å². The van der Waals surface area contributed by atoms with Crippen LogP contribution in [0.2, 0.25) is 0 Å². The minimum Gasteiger partial charge on any atom is -0.353 e. The molecule has 1 aliphatic rings. The van der Waals surface area contributed by atoms with Gasteiger partial charge in [0.1, 0.15) is 10.7 Å². The van der Waals surface area contributed by atoms with Crippen molar-refractivity contribution in [2.75, 3.05) is 16.9 Å². The Hall–Kier alpha value is -1.57. The zero-order valence-electron chi connectivity index (χ0n) is 13.5. The second kappa shape index (κ2) is 8.69. The molecule has 0 atom stereocenters. The van der Waals surface area contributed by atoms with E-state index in [4.69, 9.17) is 11.6 Å². The Morgan fingerprint density at radius 1 is 1.24 bits per heavy atom. The van der Waals surface area contributed by atoms with E-state index < -0.39 is 0 Å². The van der Waals surface area contributed by atoms with Crippen LogP contribution in [0.25, 0.3) is 11.3 Å². The van der Waals surface area contributed by atoms with Crippen LogP contribution in [-0.2, 0) is 9.59 Å². The van der Waals surface area contributed by atoms with Gasteiger partial charge in [0.2, 0.25) is 11.8 Å². The van der Waals surface area contributed by atoms with Crippen molar-refractivity contribution in [1.82, 2.24) is 10.3 Å². The first-order valence-electron chi connectivity index (χ1n) is 8.00. The molecule has 3 rings (SSSR count). The van der Waals surface area contributed by atoms with E-state index in [0.29, 0.717) is 16.8 Å². The van der Waals surface area contributed by atoms with Gasteiger partial charge >= 0.3 is 0 Å². The molecule has 0 radical (unpaired) electrons. The fourth-order valence-electron chi connectivity index (χ4n) is 2.14. The van der Waals surface area contributed by atoms with Gasteiger partial charge in [0, 0.05) is 23.9 Å². The van der Waals surface area contributed by atoms with Crippen molar-refractivity contribution in [1.29, 1.82) is 0 Å². The zero-order valence-corrected chi connectivity index (χ0v) is 15.8. The van der Waals surface area contributed by atoms with Gasteiger partial charge in [-0.3, -0.25) is 9.59 Å². The molecule has 1 heterocycles. The fourth-order valence-corrected chi connectivity index (χ4v) is 4.20. The van der Waals surface area contributed by atoms with E-state index in [2.05, 4.69) is 15.6 Å². The second-order valence-corrected chi connectivity index (χ2v) is 8.24. The SMILES string of the molecule is O=C(CCCl)Nc1sc(SCC(=O)NC2CC2)nc1-c1ccccc1. The molecule has 5 nitrogen and oxygen atoms in total. The monoisotopic (exact) mass is 395 g/mol. The van der Waals surface area contributed by atoms with Crippen molar-refractivity contribution >= 4 is 51.5 Å². The number of amides is 2. The molecular weight excluding hydrogens is 378 g/mol. The number of benzene rings is 1. The van der Waals surface area contributed by atoms with Crippen LogP contribution >= 0.6 is 34.7 Å². The van der Waals surface area contributed by atoms with Gasteiger partial charge in [-0.1, -0.05) is 53.4 Å². The highest BCUT2D eigenvalue weighted by Crippen LogP contribution is 2.37. The van der Waals surface area contributed by atoms with E-state index in [1.165, 1.54) is 23.1 Å². The van der Waals surface area contributed by atoms with Gasteiger partial charge in [-0.2, -0.15) is 0 Å². The normalized spacial score (nSPS) is 13.5. The molecular formula is C17H18ClN3O2S2. The maximum Gasteiger partial charge on any atom is 0.230 e. The summed E-state index contributed by atoms with van der Waals surface area (Å²) < 4.78 is 0.756. The summed E-state index contributed by atoms with van der Waals surface area (Å²) in [5.41, 5.74) is 1.65. The first kappa shape index (κ1) is 18.2. The van der Waals surface area contributed by atoms with Gasteiger partial charge in [0.15, 0.2) is 4.34 Å². The van der Waals surface area contributed by atoms with Crippen LogP contribution in [0.1, 0.15) is 19.3 Å². The van der Waals surface area contributed by atoms with E-state index >= 15 is 0 Å². The lowest BCUT2D eigenvalue weighted by molar-refractivity contribution is -0.118. The Morgan fingerprint density at radius 2 is 2.00 bits per heavy atom. The minimum absolute atomic E-state index is 0.0247. The topological polar surface area (TPSA) is 71.1 Å². The average Bonchev–Trinajstić information content (AvgIpc) is 3.32. The number of alkyl halides is 1. The molecule has 2 N–H and O–H groups in total. The Bertz CT molecular complexity index is 748. The molecule has 1 fully saturated rings. The number of carbonyl (C=O) groups is 2. The van der Waals surface area contributed by atoms with E-state index in [1.807, 2.05) is 30.3 Å². The molecule has 2 aromatic rings. The quantitative estimate of drug-likeness (QED) is 0.527. The van der Waals surface area contributed by atoms with Crippen LogP contribution < -0.4 is 10.6 Å². The fraction of sp³-hybridized carbons (Fsp3) is 0.353. The smallest absolute Gasteiger partial charge is 0.230 e. The molecule has 1 aromatic carbocycles. The maximum absolute atomic E-state index is 11.9. The number of halogens is 1. The van der Waals surface area contributed by atoms with E-state index in [0.717, 1.165) is 28.4 Å². The average molecular weight is 396 g/mol. The van der Waals surface area contributed by atoms with Gasteiger partial charge in [-0.05, 0) is 12.8 Å². The molecule has 0 spiro atoms. The molecule has 1 aliphatic carbocycles. The van der Waals surface area contributed by atoms with Crippen LogP contribution in [0.4, 0.5) is 5.00 Å². The Morgan fingerprint density at radius 3 is 2.68 bits per heavy atom. The lowest BCUT2D eigenvalue weighted by Gasteiger charge is -2.03. The second-order valence-electron chi connectivity index (χ2n) is 5.64. The zero-order chi connectivity index (χ0) is 17.6. The van der Waals surface area contributed by atoms with Crippen molar-refractivity contribution in [2.45, 2.75) is 29.6 Å². The number of aromatic nitrogens is 1. The summed E-state index contributed by atoms with van der Waals surface area (Å²) in [5, 5.41) is 6.52. The number of carbonyl (C=O) groups excluding carboxylic acids is 2. The summed E-state index contributed by atoms with van der Waals surface area (Å²) in [4.78, 5) is 28.4. The number of thiazole rings is 1. The molecule has 0 saturated heterocycles. The highest BCUT2D eigenvalue weighted by Gasteiger charge is 2.23. The van der Waals surface area contributed by atoms with Gasteiger partial charge in [-0.25, -0.2) is 4.98 Å². The molecule has 0 bridgehead atoms. The summed E-state index contributed by atoms with van der Waals surface area (Å²) in [5.74, 6) is 0.484. The first-order valence-corrected chi connectivity index (χ1v) is 10.3. The van der Waals surface area contributed by atoms with Gasteiger partial charge < -0.3 is 10.6 Å². The Kier molecular flexibility index (Phi) is 6.34. The molecule has 1 saturated carbocycles. The first-order chi connectivity index (χ1) is 12.2. The number of thioether (sulfide) groups is 1. The van der Waals surface area contributed by atoms with Crippen LogP contribution in [-0.4, -0.2) is 34.5 Å². The minimum atomic E-state index is -0.140. The lowest BCUT2D eigenvalue weighted by Crippen LogP contribution is -2.26. The molecule has 132 valence electrons. The van der Waals surface area contributed by atoms with Crippen LogP contribution in [0.5, 0.6) is 0 Å². The van der Waals surface area contributed by atoms with Crippen molar-refractivity contribution in [3.05, 3.63) is 30.3 Å². The molecule has 2 amide bonds. The highest BCUT2D eigenvalue weighted by molar-refractivity contribution is 8.01. The summed E-state index contributed by atoms with van der Waals surface area (Å²) >= 11 is 8.40. The maximum atomic E-state index is 11.9. The number of rotatable bonds is 8. The predicted octanol–water partition coefficient (Wildman–Crippen LogP) is 3.75. The largest absolute Gasteiger partial charge is 0.353 e.